The molecule has 0 aliphatic rings. The summed E-state index contributed by atoms with van der Waals surface area (Å²) in [5.74, 6) is -1.18. The Labute approximate surface area is 128 Å². The zero-order valence-corrected chi connectivity index (χ0v) is 12.3. The molecule has 0 aromatic heterocycles. The molecule has 1 amide bonds. The Morgan fingerprint density at radius 1 is 1.05 bits per heavy atom. The number of benzene rings is 2. The topological polar surface area (TPSA) is 41.1 Å². The standard InChI is InChI=1S/C17H18F2N2O/c1-12(22)21-14-7-5-13(6-8-14)9-10-20-11-15-16(18)3-2-4-17(15)19/h2-8,20H,9-11H2,1H3,(H,21,22). The van der Waals surface area contributed by atoms with Crippen LogP contribution in [0.15, 0.2) is 42.5 Å². The zero-order valence-electron chi connectivity index (χ0n) is 12.3. The Morgan fingerprint density at radius 3 is 2.27 bits per heavy atom. The van der Waals surface area contributed by atoms with Crippen LogP contribution in [0.5, 0.6) is 0 Å². The lowest BCUT2D eigenvalue weighted by Gasteiger charge is -2.08. The fraction of sp³-hybridized carbons (Fsp3) is 0.235. The van der Waals surface area contributed by atoms with Gasteiger partial charge in [0.05, 0.1) is 0 Å². The monoisotopic (exact) mass is 304 g/mol. The van der Waals surface area contributed by atoms with Crippen LogP contribution in [-0.4, -0.2) is 12.5 Å². The predicted molar refractivity (Wildman–Crippen MR) is 82.5 cm³/mol. The van der Waals surface area contributed by atoms with Gasteiger partial charge in [-0.05, 0) is 42.8 Å². The van der Waals surface area contributed by atoms with E-state index in [0.29, 0.717) is 6.54 Å². The van der Waals surface area contributed by atoms with E-state index in [9.17, 15) is 13.6 Å². The molecule has 0 spiro atoms. The Kier molecular flexibility index (Phi) is 5.61. The van der Waals surface area contributed by atoms with Crippen molar-refractivity contribution in [1.29, 1.82) is 0 Å². The lowest BCUT2D eigenvalue weighted by molar-refractivity contribution is -0.114. The second-order valence-corrected chi connectivity index (χ2v) is 5.01. The van der Waals surface area contributed by atoms with E-state index in [2.05, 4.69) is 10.6 Å². The molecule has 0 saturated heterocycles. The summed E-state index contributed by atoms with van der Waals surface area (Å²) < 4.78 is 26.9. The zero-order chi connectivity index (χ0) is 15.9. The van der Waals surface area contributed by atoms with Crippen molar-refractivity contribution < 1.29 is 13.6 Å². The van der Waals surface area contributed by atoms with E-state index in [1.165, 1.54) is 25.1 Å². The highest BCUT2D eigenvalue weighted by atomic mass is 19.1. The SMILES string of the molecule is CC(=O)Nc1ccc(CCNCc2c(F)cccc2F)cc1. The number of hydrogen-bond acceptors (Lipinski definition) is 2. The first kappa shape index (κ1) is 16.1. The highest BCUT2D eigenvalue weighted by Gasteiger charge is 2.07. The van der Waals surface area contributed by atoms with E-state index in [-0.39, 0.29) is 18.0 Å². The van der Waals surface area contributed by atoms with Crippen LogP contribution in [-0.2, 0) is 17.8 Å². The number of carbonyl (C=O) groups excluding carboxylic acids is 1. The minimum absolute atomic E-state index is 0.0588. The Bertz CT molecular complexity index is 621. The van der Waals surface area contributed by atoms with Crippen molar-refractivity contribution in [2.24, 2.45) is 0 Å². The molecule has 22 heavy (non-hydrogen) atoms. The van der Waals surface area contributed by atoms with Gasteiger partial charge in [-0.25, -0.2) is 8.78 Å². The molecule has 3 nitrogen and oxygen atoms in total. The molecule has 0 aliphatic carbocycles. The van der Waals surface area contributed by atoms with E-state index < -0.39 is 11.6 Å². The highest BCUT2D eigenvalue weighted by Crippen LogP contribution is 2.12. The summed E-state index contributed by atoms with van der Waals surface area (Å²) in [6.45, 7) is 2.22. The summed E-state index contributed by atoms with van der Waals surface area (Å²) in [5.41, 5.74) is 1.89. The number of rotatable bonds is 6. The number of halogens is 2. The molecule has 0 unspecified atom stereocenters. The third kappa shape index (κ3) is 4.63. The number of anilines is 1. The van der Waals surface area contributed by atoms with Gasteiger partial charge in [-0.15, -0.1) is 0 Å². The molecule has 2 aromatic carbocycles. The Hall–Kier alpha value is -2.27. The van der Waals surface area contributed by atoms with Crippen molar-refractivity contribution in [3.05, 3.63) is 65.2 Å². The van der Waals surface area contributed by atoms with Crippen LogP contribution >= 0.6 is 0 Å². The fourth-order valence-corrected chi connectivity index (χ4v) is 2.11. The van der Waals surface area contributed by atoms with Gasteiger partial charge in [-0.3, -0.25) is 4.79 Å². The molecule has 2 N–H and O–H groups in total. The van der Waals surface area contributed by atoms with Crippen LogP contribution in [0.25, 0.3) is 0 Å². The van der Waals surface area contributed by atoms with Crippen molar-refractivity contribution >= 4 is 11.6 Å². The van der Waals surface area contributed by atoms with Gasteiger partial charge in [-0.1, -0.05) is 18.2 Å². The molecule has 116 valence electrons. The molecule has 2 aromatic rings. The molecule has 0 aliphatic heterocycles. The van der Waals surface area contributed by atoms with Gasteiger partial charge in [0.1, 0.15) is 11.6 Å². The van der Waals surface area contributed by atoms with Crippen LogP contribution in [0.3, 0.4) is 0 Å². The van der Waals surface area contributed by atoms with E-state index >= 15 is 0 Å². The molecule has 0 fully saturated rings. The lowest BCUT2D eigenvalue weighted by Crippen LogP contribution is -2.18. The summed E-state index contributed by atoms with van der Waals surface area (Å²) in [7, 11) is 0. The van der Waals surface area contributed by atoms with Gasteiger partial charge in [-0.2, -0.15) is 0 Å². The van der Waals surface area contributed by atoms with Crippen molar-refractivity contribution in [3.8, 4) is 0 Å². The fourth-order valence-electron chi connectivity index (χ4n) is 2.11. The van der Waals surface area contributed by atoms with Gasteiger partial charge in [0.15, 0.2) is 0 Å². The second kappa shape index (κ2) is 7.66. The smallest absolute Gasteiger partial charge is 0.221 e. The maximum Gasteiger partial charge on any atom is 0.221 e. The van der Waals surface area contributed by atoms with Gasteiger partial charge < -0.3 is 10.6 Å². The van der Waals surface area contributed by atoms with Gasteiger partial charge in [0, 0.05) is 24.7 Å². The number of nitrogens with one attached hydrogen (secondary N) is 2. The molecule has 5 heteroatoms. The summed E-state index contributed by atoms with van der Waals surface area (Å²) >= 11 is 0. The van der Waals surface area contributed by atoms with Crippen molar-refractivity contribution in [2.75, 3.05) is 11.9 Å². The molecule has 0 heterocycles. The third-order valence-electron chi connectivity index (χ3n) is 3.23. The molecule has 0 radical (unpaired) electrons. The van der Waals surface area contributed by atoms with Crippen LogP contribution in [0, 0.1) is 11.6 Å². The minimum atomic E-state index is -0.535. The Morgan fingerprint density at radius 2 is 1.68 bits per heavy atom. The normalized spacial score (nSPS) is 10.5. The summed E-state index contributed by atoms with van der Waals surface area (Å²) in [5, 5.41) is 5.72. The van der Waals surface area contributed by atoms with Crippen LogP contribution in [0.4, 0.5) is 14.5 Å². The average Bonchev–Trinajstić information content (AvgIpc) is 2.47. The molecule has 0 bridgehead atoms. The minimum Gasteiger partial charge on any atom is -0.326 e. The lowest BCUT2D eigenvalue weighted by atomic mass is 10.1. The molecular formula is C17H18F2N2O. The predicted octanol–water partition coefficient (Wildman–Crippen LogP) is 3.26. The van der Waals surface area contributed by atoms with Gasteiger partial charge in [0.2, 0.25) is 5.91 Å². The van der Waals surface area contributed by atoms with Crippen LogP contribution in [0.1, 0.15) is 18.1 Å². The van der Waals surface area contributed by atoms with Crippen molar-refractivity contribution in [2.45, 2.75) is 19.9 Å². The summed E-state index contributed by atoms with van der Waals surface area (Å²) in [6.07, 6.45) is 0.733. The first-order valence-corrected chi connectivity index (χ1v) is 7.06. The third-order valence-corrected chi connectivity index (χ3v) is 3.23. The largest absolute Gasteiger partial charge is 0.326 e. The van der Waals surface area contributed by atoms with Gasteiger partial charge >= 0.3 is 0 Å². The molecule has 0 saturated carbocycles. The first-order chi connectivity index (χ1) is 10.6. The van der Waals surface area contributed by atoms with Crippen molar-refractivity contribution in [3.63, 3.8) is 0 Å². The number of hydrogen-bond donors (Lipinski definition) is 2. The number of carbonyl (C=O) groups is 1. The van der Waals surface area contributed by atoms with E-state index in [1.807, 2.05) is 24.3 Å². The highest BCUT2D eigenvalue weighted by molar-refractivity contribution is 5.88. The maximum absolute atomic E-state index is 13.4. The number of amides is 1. The molecular weight excluding hydrogens is 286 g/mol. The average molecular weight is 304 g/mol. The molecule has 0 atom stereocenters. The van der Waals surface area contributed by atoms with Crippen molar-refractivity contribution in [1.82, 2.24) is 5.32 Å². The summed E-state index contributed by atoms with van der Waals surface area (Å²) in [6, 6.07) is 11.3. The summed E-state index contributed by atoms with van der Waals surface area (Å²) in [4.78, 5) is 10.9. The van der Waals surface area contributed by atoms with E-state index in [4.69, 9.17) is 0 Å². The van der Waals surface area contributed by atoms with Crippen LogP contribution < -0.4 is 10.6 Å². The van der Waals surface area contributed by atoms with Gasteiger partial charge in [0.25, 0.3) is 0 Å². The second-order valence-electron chi connectivity index (χ2n) is 5.01. The van der Waals surface area contributed by atoms with Crippen LogP contribution in [0.2, 0.25) is 0 Å². The first-order valence-electron chi connectivity index (χ1n) is 7.06. The Balaban J connectivity index is 1.80. The quantitative estimate of drug-likeness (QED) is 0.804. The maximum atomic E-state index is 13.4. The van der Waals surface area contributed by atoms with E-state index in [1.54, 1.807) is 0 Å². The van der Waals surface area contributed by atoms with E-state index in [0.717, 1.165) is 17.7 Å². The molecule has 2 rings (SSSR count).